The molecule has 0 amide bonds. The van der Waals surface area contributed by atoms with Gasteiger partial charge in [-0.1, -0.05) is 0 Å². The van der Waals surface area contributed by atoms with Crippen molar-refractivity contribution in [2.24, 2.45) is 34.5 Å². The normalized spacial score (nSPS) is 49.0. The summed E-state index contributed by atoms with van der Waals surface area (Å²) in [6.45, 7) is 6.76. The van der Waals surface area contributed by atoms with Crippen molar-refractivity contribution in [3.05, 3.63) is 11.6 Å². The Morgan fingerprint density at radius 1 is 1.16 bits per heavy atom. The molecule has 0 spiro atoms. The third-order valence-corrected chi connectivity index (χ3v) is 12.1. The molecular formula is C22H32GeO2. The molecule has 2 radical (unpaired) electrons. The quantitative estimate of drug-likeness (QED) is 0.619. The fourth-order valence-corrected chi connectivity index (χ4v) is 10.7. The molecule has 0 bridgehead atoms. The van der Waals surface area contributed by atoms with Gasteiger partial charge in [-0.05, 0) is 0 Å². The Morgan fingerprint density at radius 2 is 1.92 bits per heavy atom. The molecule has 7 atom stereocenters. The minimum atomic E-state index is -0.0759. The zero-order chi connectivity index (χ0) is 18.0. The third kappa shape index (κ3) is 2.42. The number of fused-ring (bicyclic) bond motifs is 5. The molecule has 0 heterocycles. The van der Waals surface area contributed by atoms with Crippen LogP contribution in [0.1, 0.15) is 65.7 Å². The van der Waals surface area contributed by atoms with Gasteiger partial charge in [0.15, 0.2) is 0 Å². The molecule has 3 saturated carbocycles. The van der Waals surface area contributed by atoms with Crippen molar-refractivity contribution in [3.8, 4) is 0 Å². The SMILES string of the molecule is [CH3][Ge][CH]1CC(=O)C=C2CC[C@H]3[C@@H]4CC[C@H](C(C)=O)[C@@]4(C)CC[C@@H]3[C@]21C. The minimum absolute atomic E-state index is 0.0759. The summed E-state index contributed by atoms with van der Waals surface area (Å²) in [5.74, 6) is 5.76. The van der Waals surface area contributed by atoms with E-state index in [1.165, 1.54) is 31.3 Å². The van der Waals surface area contributed by atoms with Gasteiger partial charge in [-0.15, -0.1) is 0 Å². The van der Waals surface area contributed by atoms with Crippen molar-refractivity contribution in [2.45, 2.75) is 76.2 Å². The molecule has 136 valence electrons. The van der Waals surface area contributed by atoms with Crippen LogP contribution in [0, 0.1) is 34.5 Å². The Bertz CT molecular complexity index is 638. The summed E-state index contributed by atoms with van der Waals surface area (Å²) in [5.41, 5.74) is 2.01. The average molecular weight is 401 g/mol. The van der Waals surface area contributed by atoms with Crippen LogP contribution in [0.15, 0.2) is 11.6 Å². The van der Waals surface area contributed by atoms with Crippen molar-refractivity contribution < 1.29 is 9.59 Å². The van der Waals surface area contributed by atoms with Crippen LogP contribution in [0.4, 0.5) is 0 Å². The Morgan fingerprint density at radius 3 is 2.60 bits per heavy atom. The Hall–Kier alpha value is -0.377. The van der Waals surface area contributed by atoms with Crippen LogP contribution >= 0.6 is 0 Å². The number of Topliss-reactive ketones (excluding diaryl/α,β-unsaturated/α-hetero) is 1. The molecule has 3 heteroatoms. The average Bonchev–Trinajstić information content (AvgIpc) is 2.92. The second-order valence-electron chi connectivity index (χ2n) is 9.66. The van der Waals surface area contributed by atoms with E-state index in [0.717, 1.165) is 37.0 Å². The van der Waals surface area contributed by atoms with Gasteiger partial charge in [0.1, 0.15) is 0 Å². The Balaban J connectivity index is 1.70. The first-order chi connectivity index (χ1) is 11.8. The van der Waals surface area contributed by atoms with Crippen molar-refractivity contribution in [2.75, 3.05) is 0 Å². The summed E-state index contributed by atoms with van der Waals surface area (Å²) in [4.78, 5) is 24.5. The molecular weight excluding hydrogens is 369 g/mol. The van der Waals surface area contributed by atoms with Gasteiger partial charge in [0.25, 0.3) is 0 Å². The fraction of sp³-hybridized carbons (Fsp3) is 0.818. The summed E-state index contributed by atoms with van der Waals surface area (Å²) < 4.78 is 0.641. The van der Waals surface area contributed by atoms with Gasteiger partial charge >= 0.3 is 159 Å². The zero-order valence-electron chi connectivity index (χ0n) is 16.2. The Labute approximate surface area is 159 Å². The van der Waals surface area contributed by atoms with Crippen LogP contribution in [0.25, 0.3) is 0 Å². The number of allylic oxidation sites excluding steroid dienone is 1. The standard InChI is InChI=1S/C22H32GeO2/c1-13(24)17-7-8-18-16-6-5-14-11-15(25)12-20(23-4)22(14,3)19(16)9-10-21(17,18)2/h11,16-20H,5-10,12H2,1-4H3/t16-,17+,18-,19-,20?,21+,22-/m0/s1. The van der Waals surface area contributed by atoms with Gasteiger partial charge < -0.3 is 0 Å². The van der Waals surface area contributed by atoms with Crippen LogP contribution in [0.2, 0.25) is 10.5 Å². The van der Waals surface area contributed by atoms with Gasteiger partial charge in [-0.2, -0.15) is 0 Å². The molecule has 0 N–H and O–H groups in total. The molecule has 0 aromatic heterocycles. The van der Waals surface area contributed by atoms with E-state index in [2.05, 4.69) is 19.6 Å². The molecule has 4 aliphatic rings. The van der Waals surface area contributed by atoms with Gasteiger partial charge in [0.2, 0.25) is 0 Å². The van der Waals surface area contributed by atoms with E-state index < -0.39 is 0 Å². The van der Waals surface area contributed by atoms with Crippen LogP contribution < -0.4 is 0 Å². The molecule has 25 heavy (non-hydrogen) atoms. The van der Waals surface area contributed by atoms with E-state index in [0.29, 0.717) is 22.2 Å². The number of hydrogen-bond donors (Lipinski definition) is 0. The monoisotopic (exact) mass is 402 g/mol. The predicted molar refractivity (Wildman–Crippen MR) is 102 cm³/mol. The predicted octanol–water partition coefficient (Wildman–Crippen LogP) is 4.87. The summed E-state index contributed by atoms with van der Waals surface area (Å²) in [5, 5.41) is 0. The summed E-state index contributed by atoms with van der Waals surface area (Å²) in [6.07, 6.45) is 10.1. The zero-order valence-corrected chi connectivity index (χ0v) is 18.3. The first-order valence-corrected chi connectivity index (χ1v) is 13.5. The second-order valence-corrected chi connectivity index (χ2v) is 12.3. The second kappa shape index (κ2) is 6.07. The maximum atomic E-state index is 12.3. The van der Waals surface area contributed by atoms with Gasteiger partial charge in [-0.25, -0.2) is 0 Å². The molecule has 0 aliphatic heterocycles. The van der Waals surface area contributed by atoms with Crippen molar-refractivity contribution in [3.63, 3.8) is 0 Å². The first-order valence-electron chi connectivity index (χ1n) is 10.2. The number of hydrogen-bond acceptors (Lipinski definition) is 2. The molecule has 0 aromatic rings. The summed E-state index contributed by atoms with van der Waals surface area (Å²) in [7, 11) is 0. The molecule has 0 aromatic carbocycles. The van der Waals surface area contributed by atoms with E-state index in [4.69, 9.17) is 0 Å². The topological polar surface area (TPSA) is 34.1 Å². The van der Waals surface area contributed by atoms with E-state index in [-0.39, 0.29) is 26.3 Å². The number of carbonyl (C=O) groups excluding carboxylic acids is 2. The van der Waals surface area contributed by atoms with Gasteiger partial charge in [-0.3, -0.25) is 0 Å². The molecule has 4 rings (SSSR count). The Kier molecular flexibility index (Phi) is 4.37. The van der Waals surface area contributed by atoms with Gasteiger partial charge in [0, 0.05) is 0 Å². The van der Waals surface area contributed by atoms with Crippen LogP contribution in [0.3, 0.4) is 0 Å². The first kappa shape index (κ1) is 18.0. The number of ketones is 2. The van der Waals surface area contributed by atoms with Crippen LogP contribution in [-0.4, -0.2) is 27.0 Å². The van der Waals surface area contributed by atoms with Crippen LogP contribution in [0.5, 0.6) is 0 Å². The summed E-state index contributed by atoms with van der Waals surface area (Å²) in [6, 6.07) is 0. The molecule has 2 nitrogen and oxygen atoms in total. The van der Waals surface area contributed by atoms with E-state index in [1.54, 1.807) is 0 Å². The van der Waals surface area contributed by atoms with E-state index in [9.17, 15) is 9.59 Å². The van der Waals surface area contributed by atoms with Crippen molar-refractivity contribution >= 4 is 27.0 Å². The van der Waals surface area contributed by atoms with Crippen LogP contribution in [-0.2, 0) is 9.59 Å². The molecule has 0 saturated heterocycles. The molecule has 4 aliphatic carbocycles. The fourth-order valence-electron chi connectivity index (χ4n) is 7.71. The van der Waals surface area contributed by atoms with E-state index in [1.807, 2.05) is 13.0 Å². The molecule has 1 unspecified atom stereocenters. The van der Waals surface area contributed by atoms with Crippen molar-refractivity contribution in [1.29, 1.82) is 0 Å². The number of carbonyl (C=O) groups is 2. The van der Waals surface area contributed by atoms with Crippen molar-refractivity contribution in [1.82, 2.24) is 0 Å². The maximum absolute atomic E-state index is 12.3. The summed E-state index contributed by atoms with van der Waals surface area (Å²) >= 11 is -0.0759. The van der Waals surface area contributed by atoms with Gasteiger partial charge in [0.05, 0.1) is 0 Å². The number of rotatable bonds is 2. The van der Waals surface area contributed by atoms with E-state index >= 15 is 0 Å². The third-order valence-electron chi connectivity index (χ3n) is 8.95. The molecule has 3 fully saturated rings.